The minimum atomic E-state index is -1.11. The van der Waals surface area contributed by atoms with Crippen LogP contribution in [0.25, 0.3) is 0 Å². The molecule has 2 aromatic rings. The Balaban J connectivity index is 1.48. The molecule has 6 heteroatoms. The van der Waals surface area contributed by atoms with Crippen LogP contribution >= 0.6 is 0 Å². The minimum Gasteiger partial charge on any atom is -0.350 e. The normalized spacial score (nSPS) is 19.4. The molecule has 1 aliphatic heterocycles. The maximum atomic E-state index is 13.5. The van der Waals surface area contributed by atoms with Crippen LogP contribution in [-0.4, -0.2) is 46.7 Å². The first-order valence-corrected chi connectivity index (χ1v) is 12.1. The summed E-state index contributed by atoms with van der Waals surface area (Å²) in [5.74, 6) is -0.419. The number of hydrogen-bond acceptors (Lipinski definition) is 3. The Kier molecular flexibility index (Phi) is 7.76. The highest BCUT2D eigenvalue weighted by molar-refractivity contribution is 6.07. The molecule has 1 saturated carbocycles. The molecule has 2 aromatic carbocycles. The Bertz CT molecular complexity index is 942. The number of amides is 3. The SMILES string of the molecule is O=C(NCc1ccccc1)C1C(=O)N(Cc2ccccc2)CCN1C(=O)CC1CCCCC1. The lowest BCUT2D eigenvalue weighted by molar-refractivity contribution is -0.157. The molecule has 0 spiro atoms. The van der Waals surface area contributed by atoms with Crippen LogP contribution in [0.1, 0.15) is 49.7 Å². The number of rotatable bonds is 7. The highest BCUT2D eigenvalue weighted by Crippen LogP contribution is 2.28. The topological polar surface area (TPSA) is 69.7 Å². The minimum absolute atomic E-state index is 0.0746. The van der Waals surface area contributed by atoms with Gasteiger partial charge in [0.25, 0.3) is 11.8 Å². The van der Waals surface area contributed by atoms with Crippen molar-refractivity contribution in [2.45, 2.75) is 57.7 Å². The third-order valence-electron chi connectivity index (χ3n) is 6.75. The van der Waals surface area contributed by atoms with Crippen LogP contribution in [0.5, 0.6) is 0 Å². The van der Waals surface area contributed by atoms with Gasteiger partial charge in [0, 0.05) is 32.6 Å². The molecule has 0 aromatic heterocycles. The largest absolute Gasteiger partial charge is 0.350 e. The van der Waals surface area contributed by atoms with Gasteiger partial charge in [-0.3, -0.25) is 14.4 Å². The van der Waals surface area contributed by atoms with Gasteiger partial charge in [-0.05, 0) is 29.9 Å². The smallest absolute Gasteiger partial charge is 0.255 e. The fourth-order valence-electron chi connectivity index (χ4n) is 4.89. The van der Waals surface area contributed by atoms with Gasteiger partial charge in [0.2, 0.25) is 5.91 Å². The Morgan fingerprint density at radius 3 is 2.15 bits per heavy atom. The number of nitrogens with zero attached hydrogens (tertiary/aromatic N) is 2. The van der Waals surface area contributed by atoms with Crippen molar-refractivity contribution < 1.29 is 14.4 Å². The lowest BCUT2D eigenvalue weighted by Gasteiger charge is -2.40. The van der Waals surface area contributed by atoms with Crippen molar-refractivity contribution in [3.8, 4) is 0 Å². The van der Waals surface area contributed by atoms with Gasteiger partial charge in [-0.15, -0.1) is 0 Å². The zero-order valence-electron chi connectivity index (χ0n) is 19.1. The maximum absolute atomic E-state index is 13.5. The predicted molar refractivity (Wildman–Crippen MR) is 127 cm³/mol. The second kappa shape index (κ2) is 11.1. The number of piperazine rings is 1. The van der Waals surface area contributed by atoms with E-state index in [1.54, 1.807) is 4.90 Å². The monoisotopic (exact) mass is 447 g/mol. The average molecular weight is 448 g/mol. The molecule has 1 atom stereocenters. The Morgan fingerprint density at radius 2 is 1.48 bits per heavy atom. The van der Waals surface area contributed by atoms with Gasteiger partial charge in [-0.25, -0.2) is 0 Å². The first kappa shape index (κ1) is 23.0. The summed E-state index contributed by atoms with van der Waals surface area (Å²) >= 11 is 0. The Hall–Kier alpha value is -3.15. The molecule has 0 radical (unpaired) electrons. The third kappa shape index (κ3) is 6.01. The molecule has 1 aliphatic carbocycles. The third-order valence-corrected chi connectivity index (χ3v) is 6.75. The van der Waals surface area contributed by atoms with Crippen molar-refractivity contribution in [3.05, 3.63) is 71.8 Å². The van der Waals surface area contributed by atoms with Gasteiger partial charge >= 0.3 is 0 Å². The van der Waals surface area contributed by atoms with Gasteiger partial charge in [0.05, 0.1) is 0 Å². The molecule has 33 heavy (non-hydrogen) atoms. The van der Waals surface area contributed by atoms with Crippen LogP contribution in [0.2, 0.25) is 0 Å². The van der Waals surface area contributed by atoms with Crippen molar-refractivity contribution in [3.63, 3.8) is 0 Å². The summed E-state index contributed by atoms with van der Waals surface area (Å²) in [6.45, 7) is 1.58. The standard InChI is InChI=1S/C27H33N3O3/c31-24(18-21-10-4-1-5-11-21)30-17-16-29(20-23-14-8-3-9-15-23)27(33)25(30)26(32)28-19-22-12-6-2-7-13-22/h2-3,6-9,12-15,21,25H,1,4-5,10-11,16-20H2,(H,28,32). The highest BCUT2D eigenvalue weighted by atomic mass is 16.2. The number of carbonyl (C=O) groups is 3. The van der Waals surface area contributed by atoms with Crippen molar-refractivity contribution in [2.24, 2.45) is 5.92 Å². The Morgan fingerprint density at radius 1 is 0.848 bits per heavy atom. The molecule has 6 nitrogen and oxygen atoms in total. The first-order valence-electron chi connectivity index (χ1n) is 12.1. The zero-order valence-corrected chi connectivity index (χ0v) is 19.1. The van der Waals surface area contributed by atoms with Gasteiger partial charge in [0.15, 0.2) is 6.04 Å². The summed E-state index contributed by atoms with van der Waals surface area (Å²) in [6, 6.07) is 18.2. The van der Waals surface area contributed by atoms with Crippen molar-refractivity contribution in [2.75, 3.05) is 13.1 Å². The van der Waals surface area contributed by atoms with Gasteiger partial charge in [-0.2, -0.15) is 0 Å². The molecule has 0 bridgehead atoms. The first-order chi connectivity index (χ1) is 16.1. The molecule has 1 saturated heterocycles. The predicted octanol–water partition coefficient (Wildman–Crippen LogP) is 3.51. The van der Waals surface area contributed by atoms with E-state index in [4.69, 9.17) is 0 Å². The fraction of sp³-hybridized carbons (Fsp3) is 0.444. The summed E-state index contributed by atoms with van der Waals surface area (Å²) in [7, 11) is 0. The summed E-state index contributed by atoms with van der Waals surface area (Å²) < 4.78 is 0. The molecular formula is C27H33N3O3. The van der Waals surface area contributed by atoms with E-state index >= 15 is 0 Å². The zero-order chi connectivity index (χ0) is 23.0. The molecule has 2 fully saturated rings. The van der Waals surface area contributed by atoms with Crippen LogP contribution in [0.15, 0.2) is 60.7 Å². The Labute approximate surface area is 196 Å². The average Bonchev–Trinajstić information content (AvgIpc) is 2.85. The summed E-state index contributed by atoms with van der Waals surface area (Å²) in [4.78, 5) is 43.2. The second-order valence-electron chi connectivity index (χ2n) is 9.15. The van der Waals surface area contributed by atoms with Crippen LogP contribution in [-0.2, 0) is 27.5 Å². The summed E-state index contributed by atoms with van der Waals surface area (Å²) in [5.41, 5.74) is 1.96. The molecule has 1 unspecified atom stereocenters. The van der Waals surface area contributed by atoms with E-state index in [-0.39, 0.29) is 11.8 Å². The fourth-order valence-corrected chi connectivity index (χ4v) is 4.89. The van der Waals surface area contributed by atoms with E-state index in [1.807, 2.05) is 60.7 Å². The summed E-state index contributed by atoms with van der Waals surface area (Å²) in [6.07, 6.45) is 6.07. The van der Waals surface area contributed by atoms with Crippen LogP contribution in [0.4, 0.5) is 0 Å². The van der Waals surface area contributed by atoms with E-state index < -0.39 is 11.9 Å². The number of benzene rings is 2. The van der Waals surface area contributed by atoms with Gasteiger partial charge < -0.3 is 15.1 Å². The van der Waals surface area contributed by atoms with E-state index in [9.17, 15) is 14.4 Å². The second-order valence-corrected chi connectivity index (χ2v) is 9.15. The molecule has 3 amide bonds. The van der Waals surface area contributed by atoms with Crippen LogP contribution < -0.4 is 5.32 Å². The number of carbonyl (C=O) groups excluding carboxylic acids is 3. The van der Waals surface area contributed by atoms with Gasteiger partial charge in [0.1, 0.15) is 0 Å². The van der Waals surface area contributed by atoms with E-state index in [0.29, 0.717) is 38.5 Å². The molecular weight excluding hydrogens is 414 g/mol. The molecule has 174 valence electrons. The lowest BCUT2D eigenvalue weighted by atomic mass is 9.86. The molecule has 4 rings (SSSR count). The van der Waals surface area contributed by atoms with Crippen LogP contribution in [0, 0.1) is 5.92 Å². The van der Waals surface area contributed by atoms with Crippen LogP contribution in [0.3, 0.4) is 0 Å². The molecule has 1 heterocycles. The van der Waals surface area contributed by atoms with Crippen molar-refractivity contribution >= 4 is 17.7 Å². The maximum Gasteiger partial charge on any atom is 0.255 e. The summed E-state index contributed by atoms with van der Waals surface area (Å²) in [5, 5.41) is 2.89. The quantitative estimate of drug-likeness (QED) is 0.661. The van der Waals surface area contributed by atoms with E-state index in [1.165, 1.54) is 11.3 Å². The highest BCUT2D eigenvalue weighted by Gasteiger charge is 2.42. The van der Waals surface area contributed by atoms with E-state index in [0.717, 1.165) is 36.8 Å². The van der Waals surface area contributed by atoms with Gasteiger partial charge in [-0.1, -0.05) is 79.9 Å². The van der Waals surface area contributed by atoms with Crippen molar-refractivity contribution in [1.29, 1.82) is 0 Å². The van der Waals surface area contributed by atoms with E-state index in [2.05, 4.69) is 5.32 Å². The van der Waals surface area contributed by atoms with Crippen molar-refractivity contribution in [1.82, 2.24) is 15.1 Å². The number of nitrogens with one attached hydrogen (secondary N) is 1. The lowest BCUT2D eigenvalue weighted by Crippen LogP contribution is -2.63. The molecule has 1 N–H and O–H groups in total. The molecule has 2 aliphatic rings. The number of hydrogen-bond donors (Lipinski definition) is 1.